The number of ether oxygens (including phenoxy) is 1. The molecule has 1 aromatic rings. The van der Waals surface area contributed by atoms with Gasteiger partial charge in [-0.3, -0.25) is 0 Å². The number of hydrogen-bond donors (Lipinski definition) is 1. The number of hydrogen-bond acceptors (Lipinski definition) is 3. The van der Waals surface area contributed by atoms with E-state index in [0.29, 0.717) is 17.4 Å². The van der Waals surface area contributed by atoms with Crippen LogP contribution in [0.5, 0.6) is 5.75 Å². The normalized spacial score (nSPS) is 34.2. The molecule has 0 saturated heterocycles. The lowest BCUT2D eigenvalue weighted by molar-refractivity contribution is -0.0828. The molecule has 0 amide bonds. The van der Waals surface area contributed by atoms with E-state index in [0.717, 1.165) is 18.4 Å². The molecule has 2 aliphatic carbocycles. The highest BCUT2D eigenvalue weighted by molar-refractivity contribution is 5.89. The van der Waals surface area contributed by atoms with E-state index < -0.39 is 0 Å². The van der Waals surface area contributed by atoms with Crippen LogP contribution in [0.1, 0.15) is 68.8 Å². The second-order valence-electron chi connectivity index (χ2n) is 8.89. The van der Waals surface area contributed by atoms with Gasteiger partial charge in [0.1, 0.15) is 5.75 Å². The topological polar surface area (TPSA) is 46.5 Å². The maximum absolute atomic E-state index is 11.9. The monoisotopic (exact) mass is 356 g/mol. The summed E-state index contributed by atoms with van der Waals surface area (Å²) in [7, 11) is 1.39. The van der Waals surface area contributed by atoms with Crippen molar-refractivity contribution in [2.24, 2.45) is 22.7 Å². The molecule has 0 heterocycles. The van der Waals surface area contributed by atoms with Crippen LogP contribution in [0.25, 0.3) is 0 Å². The van der Waals surface area contributed by atoms with Crippen molar-refractivity contribution in [3.05, 3.63) is 41.5 Å². The van der Waals surface area contributed by atoms with Gasteiger partial charge in [-0.05, 0) is 85.0 Å². The molecule has 3 nitrogen and oxygen atoms in total. The van der Waals surface area contributed by atoms with E-state index in [9.17, 15) is 9.90 Å². The number of esters is 1. The van der Waals surface area contributed by atoms with Crippen molar-refractivity contribution in [3.8, 4) is 5.75 Å². The molecule has 0 aliphatic heterocycles. The summed E-state index contributed by atoms with van der Waals surface area (Å²) < 4.78 is 4.85. The fourth-order valence-corrected chi connectivity index (χ4v) is 5.73. The highest BCUT2D eigenvalue weighted by atomic mass is 16.5. The molecular formula is C23H32O3. The predicted octanol–water partition coefficient (Wildman–Crippen LogP) is 5.52. The van der Waals surface area contributed by atoms with Crippen LogP contribution in [0, 0.1) is 22.7 Å². The molecule has 2 fully saturated rings. The van der Waals surface area contributed by atoms with E-state index in [1.807, 2.05) is 6.07 Å². The smallest absolute Gasteiger partial charge is 0.337 e. The first kappa shape index (κ1) is 19.0. The molecule has 0 spiro atoms. The van der Waals surface area contributed by atoms with Crippen LogP contribution < -0.4 is 0 Å². The standard InChI is InChI=1S/C23H32O3/c1-15-7-6-12-22(3)19(15)10-8-16(2)23(22,4)14-18-13-17(21(25)26-5)9-11-20(18)24/h9,11,13,16,19,24H,1,6-8,10,12,14H2,2-5H3. The van der Waals surface area contributed by atoms with Gasteiger partial charge in [0, 0.05) is 0 Å². The average Bonchev–Trinajstić information content (AvgIpc) is 2.61. The Morgan fingerprint density at radius 2 is 2.08 bits per heavy atom. The van der Waals surface area contributed by atoms with Crippen LogP contribution in [0.2, 0.25) is 0 Å². The van der Waals surface area contributed by atoms with Gasteiger partial charge >= 0.3 is 5.97 Å². The Labute approximate surface area is 157 Å². The maximum Gasteiger partial charge on any atom is 0.337 e. The maximum atomic E-state index is 11.9. The van der Waals surface area contributed by atoms with Crippen molar-refractivity contribution >= 4 is 5.97 Å². The van der Waals surface area contributed by atoms with Gasteiger partial charge in [0.25, 0.3) is 0 Å². The number of benzene rings is 1. The fourth-order valence-electron chi connectivity index (χ4n) is 5.73. The summed E-state index contributed by atoms with van der Waals surface area (Å²) in [5, 5.41) is 10.5. The van der Waals surface area contributed by atoms with Crippen molar-refractivity contribution < 1.29 is 14.6 Å². The zero-order chi connectivity index (χ0) is 19.1. The van der Waals surface area contributed by atoms with Crippen molar-refractivity contribution in [2.75, 3.05) is 7.11 Å². The lowest BCUT2D eigenvalue weighted by atomic mass is 9.44. The molecule has 2 aliphatic rings. The molecule has 0 radical (unpaired) electrons. The molecule has 26 heavy (non-hydrogen) atoms. The fraction of sp³-hybridized carbons (Fsp3) is 0.609. The first-order valence-corrected chi connectivity index (χ1v) is 9.81. The van der Waals surface area contributed by atoms with Gasteiger partial charge in [0.2, 0.25) is 0 Å². The van der Waals surface area contributed by atoms with E-state index in [2.05, 4.69) is 27.4 Å². The summed E-state index contributed by atoms with van der Waals surface area (Å²) in [4.78, 5) is 11.9. The molecule has 4 atom stereocenters. The van der Waals surface area contributed by atoms with E-state index in [4.69, 9.17) is 4.74 Å². The third kappa shape index (κ3) is 2.86. The second-order valence-corrected chi connectivity index (χ2v) is 8.89. The Hall–Kier alpha value is -1.77. The van der Waals surface area contributed by atoms with Gasteiger partial charge in [-0.25, -0.2) is 4.79 Å². The molecule has 3 rings (SSSR count). The van der Waals surface area contributed by atoms with Crippen LogP contribution in [0.4, 0.5) is 0 Å². The molecule has 1 N–H and O–H groups in total. The average molecular weight is 357 g/mol. The van der Waals surface area contributed by atoms with Gasteiger partial charge in [0.15, 0.2) is 0 Å². The largest absolute Gasteiger partial charge is 0.508 e. The highest BCUT2D eigenvalue weighted by Gasteiger charge is 2.56. The van der Waals surface area contributed by atoms with Gasteiger partial charge in [-0.15, -0.1) is 0 Å². The van der Waals surface area contributed by atoms with E-state index >= 15 is 0 Å². The summed E-state index contributed by atoms with van der Waals surface area (Å²) in [5.41, 5.74) is 2.98. The molecule has 1 aromatic carbocycles. The Balaban J connectivity index is 2.01. The molecule has 4 unspecified atom stereocenters. The van der Waals surface area contributed by atoms with Crippen molar-refractivity contribution in [1.82, 2.24) is 0 Å². The van der Waals surface area contributed by atoms with Crippen LogP contribution in [-0.2, 0) is 11.2 Å². The summed E-state index contributed by atoms with van der Waals surface area (Å²) >= 11 is 0. The number of allylic oxidation sites excluding steroid dienone is 1. The lowest BCUT2D eigenvalue weighted by Gasteiger charge is -2.61. The molecule has 2 saturated carbocycles. The summed E-state index contributed by atoms with van der Waals surface area (Å²) in [6.07, 6.45) is 6.73. The van der Waals surface area contributed by atoms with Gasteiger partial charge in [-0.2, -0.15) is 0 Å². The quantitative estimate of drug-likeness (QED) is 0.573. The third-order valence-corrected chi connectivity index (χ3v) is 7.79. The van der Waals surface area contributed by atoms with Crippen LogP contribution in [0.3, 0.4) is 0 Å². The van der Waals surface area contributed by atoms with E-state index in [1.165, 1.54) is 38.4 Å². The van der Waals surface area contributed by atoms with E-state index in [1.54, 1.807) is 12.1 Å². The molecule has 0 bridgehead atoms. The number of carbonyl (C=O) groups is 1. The first-order chi connectivity index (χ1) is 12.2. The first-order valence-electron chi connectivity index (χ1n) is 9.81. The number of methoxy groups -OCH3 is 1. The van der Waals surface area contributed by atoms with Gasteiger partial charge in [0.05, 0.1) is 12.7 Å². The summed E-state index contributed by atoms with van der Waals surface area (Å²) in [6.45, 7) is 11.6. The molecular weight excluding hydrogens is 324 g/mol. The van der Waals surface area contributed by atoms with Gasteiger partial charge in [-0.1, -0.05) is 32.9 Å². The summed E-state index contributed by atoms with van der Waals surface area (Å²) in [6, 6.07) is 5.06. The van der Waals surface area contributed by atoms with E-state index in [-0.39, 0.29) is 22.5 Å². The highest BCUT2D eigenvalue weighted by Crippen LogP contribution is 2.64. The van der Waals surface area contributed by atoms with Crippen molar-refractivity contribution in [2.45, 2.75) is 59.3 Å². The van der Waals surface area contributed by atoms with Crippen LogP contribution in [0.15, 0.2) is 30.4 Å². The number of aromatic hydroxyl groups is 1. The van der Waals surface area contributed by atoms with Crippen LogP contribution >= 0.6 is 0 Å². The number of fused-ring (bicyclic) bond motifs is 1. The Morgan fingerprint density at radius 1 is 1.35 bits per heavy atom. The number of carbonyl (C=O) groups excluding carboxylic acids is 1. The number of phenols is 1. The Kier molecular flexibility index (Phi) is 4.94. The SMILES string of the molecule is C=C1CCCC2(C)C1CCC(C)C2(C)Cc1cc(C(=O)OC)ccc1O. The summed E-state index contributed by atoms with van der Waals surface area (Å²) in [5.74, 6) is 1.02. The third-order valence-electron chi connectivity index (χ3n) is 7.79. The lowest BCUT2D eigenvalue weighted by Crippen LogP contribution is -2.53. The minimum Gasteiger partial charge on any atom is -0.508 e. The molecule has 3 heteroatoms. The van der Waals surface area contributed by atoms with Crippen molar-refractivity contribution in [3.63, 3.8) is 0 Å². The van der Waals surface area contributed by atoms with Crippen LogP contribution in [-0.4, -0.2) is 18.2 Å². The second kappa shape index (κ2) is 6.75. The predicted molar refractivity (Wildman–Crippen MR) is 104 cm³/mol. The zero-order valence-electron chi connectivity index (χ0n) is 16.6. The minimum atomic E-state index is -0.358. The van der Waals surface area contributed by atoms with Gasteiger partial charge < -0.3 is 9.84 Å². The van der Waals surface area contributed by atoms with Crippen molar-refractivity contribution in [1.29, 1.82) is 0 Å². The molecule has 142 valence electrons. The Bertz CT molecular complexity index is 722. The number of rotatable bonds is 3. The molecule has 0 aromatic heterocycles. The minimum absolute atomic E-state index is 0.0471. The number of phenolic OH excluding ortho intramolecular Hbond substituents is 1. The zero-order valence-corrected chi connectivity index (χ0v) is 16.6. The Morgan fingerprint density at radius 3 is 2.77 bits per heavy atom.